The number of methoxy groups -OCH3 is 2. The van der Waals surface area contributed by atoms with Gasteiger partial charge in [-0.1, -0.05) is 47.5 Å². The fraction of sp³-hybridized carbons (Fsp3) is 0.351. The fourth-order valence-corrected chi connectivity index (χ4v) is 6.94. The number of carbonyl (C=O) groups is 2. The number of aromatic nitrogens is 2. The first-order chi connectivity index (χ1) is 23.8. The van der Waals surface area contributed by atoms with Crippen LogP contribution in [0.2, 0.25) is 10.0 Å². The van der Waals surface area contributed by atoms with Crippen LogP contribution in [-0.4, -0.2) is 66.8 Å². The van der Waals surface area contributed by atoms with Crippen molar-refractivity contribution in [2.45, 2.75) is 44.1 Å². The predicted octanol–water partition coefficient (Wildman–Crippen LogP) is 6.41. The lowest BCUT2D eigenvalue weighted by Crippen LogP contribution is -2.52. The minimum absolute atomic E-state index is 0.102. The summed E-state index contributed by atoms with van der Waals surface area (Å²) in [6.45, 7) is 3.27. The van der Waals surface area contributed by atoms with Crippen LogP contribution in [0.25, 0.3) is 0 Å². The summed E-state index contributed by atoms with van der Waals surface area (Å²) in [6.07, 6.45) is 7.80. The molecule has 0 spiro atoms. The van der Waals surface area contributed by atoms with Crippen LogP contribution >= 0.6 is 23.2 Å². The highest BCUT2D eigenvalue weighted by Crippen LogP contribution is 2.36. The zero-order chi connectivity index (χ0) is 34.3. The lowest BCUT2D eigenvalue weighted by atomic mass is 9.86. The monoisotopic (exact) mass is 704 g/mol. The van der Waals surface area contributed by atoms with Crippen LogP contribution in [-0.2, 0) is 27.2 Å². The zero-order valence-electron chi connectivity index (χ0n) is 27.3. The molecule has 2 bridgehead atoms. The molecule has 3 saturated heterocycles. The quantitative estimate of drug-likeness (QED) is 0.157. The predicted molar refractivity (Wildman–Crippen MR) is 185 cm³/mol. The maximum atomic E-state index is 13.5. The molecular formula is C37H38Cl2N4O6. The molecule has 0 amide bonds. The van der Waals surface area contributed by atoms with Crippen LogP contribution in [0.4, 0.5) is 0 Å². The molecule has 0 saturated carbocycles. The molecule has 49 heavy (non-hydrogen) atoms. The minimum Gasteiger partial charge on any atom is -0.493 e. The zero-order valence-corrected chi connectivity index (χ0v) is 28.8. The Morgan fingerprint density at radius 3 is 2.29 bits per heavy atom. The van der Waals surface area contributed by atoms with E-state index in [0.29, 0.717) is 50.7 Å². The number of rotatable bonds is 13. The van der Waals surface area contributed by atoms with Crippen LogP contribution in [0, 0.1) is 5.92 Å². The molecule has 5 heterocycles. The van der Waals surface area contributed by atoms with Gasteiger partial charge in [-0.25, -0.2) is 9.59 Å². The molecule has 1 N–H and O–H groups in total. The van der Waals surface area contributed by atoms with Crippen molar-refractivity contribution in [1.29, 1.82) is 0 Å². The SMILES string of the molecule is COc1ccc([C@H](Cc2c(Cl)cncc2Cl)OC(=O)c2ccc(CNC(C(=O)O[C@H]3CN4CCC3CC4)c3cccnc3)cc2)cc1OC. The number of pyridine rings is 2. The van der Waals surface area contributed by atoms with Gasteiger partial charge in [-0.2, -0.15) is 0 Å². The largest absolute Gasteiger partial charge is 0.493 e. The van der Waals surface area contributed by atoms with Gasteiger partial charge in [0.25, 0.3) is 0 Å². The lowest BCUT2D eigenvalue weighted by Gasteiger charge is -2.44. The summed E-state index contributed by atoms with van der Waals surface area (Å²) < 4.78 is 23.0. The average molecular weight is 706 g/mol. The van der Waals surface area contributed by atoms with E-state index in [4.69, 9.17) is 42.1 Å². The standard InChI is InChI=1S/C37H38Cl2N4O6/c1-46-31-10-9-26(16-33(31)47-2)32(17-28-29(38)20-41-21-30(28)39)48-36(44)25-7-5-23(6-8-25)18-42-35(27-4-3-13-40-19-27)37(45)49-34-22-43-14-11-24(34)12-15-43/h3-10,13,16,19-21,24,32,34-35,42H,11-12,14-15,17-18,22H2,1-2H3/t32-,34-,35?/m0/s1. The third-order valence-corrected chi connectivity index (χ3v) is 9.84. The van der Waals surface area contributed by atoms with Gasteiger partial charge in [0, 0.05) is 44.3 Å². The Balaban J connectivity index is 1.15. The molecule has 0 radical (unpaired) electrons. The first kappa shape index (κ1) is 34.6. The second-order valence-corrected chi connectivity index (χ2v) is 13.0. The van der Waals surface area contributed by atoms with Crippen molar-refractivity contribution in [1.82, 2.24) is 20.2 Å². The topological polar surface area (TPSA) is 112 Å². The first-order valence-corrected chi connectivity index (χ1v) is 16.9. The van der Waals surface area contributed by atoms with Crippen molar-refractivity contribution in [3.8, 4) is 11.5 Å². The van der Waals surface area contributed by atoms with Gasteiger partial charge in [0.1, 0.15) is 18.2 Å². The molecule has 256 valence electrons. The molecule has 0 aliphatic carbocycles. The van der Waals surface area contributed by atoms with Crippen LogP contribution in [0.3, 0.4) is 0 Å². The highest BCUT2D eigenvalue weighted by atomic mass is 35.5. The van der Waals surface area contributed by atoms with E-state index >= 15 is 0 Å². The van der Waals surface area contributed by atoms with Gasteiger partial charge in [0.2, 0.25) is 0 Å². The van der Waals surface area contributed by atoms with Crippen molar-refractivity contribution in [2.24, 2.45) is 5.92 Å². The molecule has 7 rings (SSSR count). The second kappa shape index (κ2) is 16.0. The third-order valence-electron chi connectivity index (χ3n) is 9.19. The van der Waals surface area contributed by atoms with E-state index in [2.05, 4.69) is 20.2 Å². The number of benzene rings is 2. The number of carbonyl (C=O) groups excluding carboxylic acids is 2. The Hall–Kier alpha value is -4.22. The Bertz CT molecular complexity index is 1730. The summed E-state index contributed by atoms with van der Waals surface area (Å²) in [5.41, 5.74) is 3.22. The summed E-state index contributed by atoms with van der Waals surface area (Å²) >= 11 is 12.9. The van der Waals surface area contributed by atoms with E-state index < -0.39 is 18.1 Å². The summed E-state index contributed by atoms with van der Waals surface area (Å²) in [5.74, 6) is 0.582. The van der Waals surface area contributed by atoms with E-state index in [-0.39, 0.29) is 18.5 Å². The molecule has 3 fully saturated rings. The van der Waals surface area contributed by atoms with Gasteiger partial charge in [0.05, 0.1) is 29.8 Å². The van der Waals surface area contributed by atoms with Crippen molar-refractivity contribution in [2.75, 3.05) is 33.9 Å². The number of piperidine rings is 3. The molecule has 4 aromatic rings. The average Bonchev–Trinajstić information content (AvgIpc) is 3.13. The number of hydrogen-bond donors (Lipinski definition) is 1. The molecule has 12 heteroatoms. The van der Waals surface area contributed by atoms with Gasteiger partial charge in [-0.05, 0) is 84.4 Å². The summed E-state index contributed by atoms with van der Waals surface area (Å²) in [5, 5.41) is 4.08. The van der Waals surface area contributed by atoms with Crippen molar-refractivity contribution >= 4 is 35.1 Å². The van der Waals surface area contributed by atoms with Gasteiger partial charge in [-0.15, -0.1) is 0 Å². The van der Waals surface area contributed by atoms with Gasteiger partial charge >= 0.3 is 11.9 Å². The number of halogens is 2. The smallest absolute Gasteiger partial charge is 0.338 e. The van der Waals surface area contributed by atoms with Crippen LogP contribution in [0.1, 0.15) is 57.6 Å². The van der Waals surface area contributed by atoms with E-state index in [1.54, 1.807) is 55.9 Å². The van der Waals surface area contributed by atoms with E-state index in [0.717, 1.165) is 43.6 Å². The number of fused-ring (bicyclic) bond motifs is 3. The van der Waals surface area contributed by atoms with E-state index in [1.807, 2.05) is 18.2 Å². The number of nitrogens with zero attached hydrogens (tertiary/aromatic N) is 3. The van der Waals surface area contributed by atoms with Crippen molar-refractivity contribution < 1.29 is 28.5 Å². The summed E-state index contributed by atoms with van der Waals surface area (Å²) in [7, 11) is 3.09. The highest BCUT2D eigenvalue weighted by Gasteiger charge is 2.38. The molecule has 3 atom stereocenters. The second-order valence-electron chi connectivity index (χ2n) is 12.2. The molecule has 2 aromatic heterocycles. The first-order valence-electron chi connectivity index (χ1n) is 16.2. The molecule has 1 unspecified atom stereocenters. The fourth-order valence-electron chi connectivity index (χ4n) is 6.42. The normalized spacial score (nSPS) is 19.5. The number of esters is 2. The van der Waals surface area contributed by atoms with Gasteiger partial charge in [-0.3, -0.25) is 20.2 Å². The Labute approximate surface area is 295 Å². The Kier molecular flexibility index (Phi) is 11.3. The van der Waals surface area contributed by atoms with Crippen LogP contribution < -0.4 is 14.8 Å². The van der Waals surface area contributed by atoms with Gasteiger partial charge in [0.15, 0.2) is 11.5 Å². The summed E-state index contributed by atoms with van der Waals surface area (Å²) in [4.78, 5) is 37.6. The number of ether oxygens (including phenoxy) is 4. The lowest BCUT2D eigenvalue weighted by molar-refractivity contribution is -0.161. The molecule has 3 aliphatic heterocycles. The highest BCUT2D eigenvalue weighted by molar-refractivity contribution is 6.35. The maximum absolute atomic E-state index is 13.5. The minimum atomic E-state index is -0.756. The van der Waals surface area contributed by atoms with Gasteiger partial charge < -0.3 is 18.9 Å². The number of hydrogen-bond acceptors (Lipinski definition) is 10. The third kappa shape index (κ3) is 8.33. The van der Waals surface area contributed by atoms with Crippen molar-refractivity contribution in [3.63, 3.8) is 0 Å². The maximum Gasteiger partial charge on any atom is 0.338 e. The van der Waals surface area contributed by atoms with E-state index in [1.165, 1.54) is 19.5 Å². The molecule has 3 aliphatic rings. The summed E-state index contributed by atoms with van der Waals surface area (Å²) in [6, 6.07) is 15.3. The van der Waals surface area contributed by atoms with Crippen LogP contribution in [0.5, 0.6) is 11.5 Å². The van der Waals surface area contributed by atoms with Crippen molar-refractivity contribution in [3.05, 3.63) is 117 Å². The molecular weight excluding hydrogens is 667 g/mol. The Morgan fingerprint density at radius 1 is 0.918 bits per heavy atom. The number of nitrogens with one attached hydrogen (secondary N) is 1. The molecule has 2 aromatic carbocycles. The van der Waals surface area contributed by atoms with Crippen LogP contribution in [0.15, 0.2) is 79.4 Å². The Morgan fingerprint density at radius 2 is 1.65 bits per heavy atom. The molecule has 10 nitrogen and oxygen atoms in total. The van der Waals surface area contributed by atoms with E-state index in [9.17, 15) is 9.59 Å².